The standard InChI is InChI=1S/C11H11Cl2N4O5P/c1-6-2-3-8(7(12)4-6)14-11(18)9-10(13)16-17(15-9)5-22-23(19,20)21/h2-4H,5H2,1H3,(H,14,18)(H2,19,20,21). The van der Waals surface area contributed by atoms with Gasteiger partial charge in [0.2, 0.25) is 0 Å². The van der Waals surface area contributed by atoms with Crippen LogP contribution in [0.2, 0.25) is 10.2 Å². The number of phosphoric acid groups is 1. The summed E-state index contributed by atoms with van der Waals surface area (Å²) in [4.78, 5) is 30.1. The van der Waals surface area contributed by atoms with Crippen LogP contribution in [0.5, 0.6) is 0 Å². The highest BCUT2D eigenvalue weighted by molar-refractivity contribution is 7.46. The van der Waals surface area contributed by atoms with Crippen LogP contribution in [0.25, 0.3) is 0 Å². The molecule has 1 amide bonds. The maximum absolute atomic E-state index is 12.1. The van der Waals surface area contributed by atoms with Crippen LogP contribution >= 0.6 is 31.0 Å². The van der Waals surface area contributed by atoms with Gasteiger partial charge in [-0.2, -0.15) is 4.80 Å². The number of hydrogen-bond acceptors (Lipinski definition) is 5. The molecular weight excluding hydrogens is 370 g/mol. The Labute approximate surface area is 140 Å². The van der Waals surface area contributed by atoms with Crippen molar-refractivity contribution in [3.05, 3.63) is 39.6 Å². The van der Waals surface area contributed by atoms with E-state index >= 15 is 0 Å². The van der Waals surface area contributed by atoms with E-state index in [1.165, 1.54) is 0 Å². The van der Waals surface area contributed by atoms with Gasteiger partial charge in [-0.3, -0.25) is 9.32 Å². The minimum Gasteiger partial charge on any atom is -0.319 e. The first-order chi connectivity index (χ1) is 10.7. The van der Waals surface area contributed by atoms with Crippen molar-refractivity contribution in [2.45, 2.75) is 13.7 Å². The molecule has 0 bridgehead atoms. The number of amides is 1. The lowest BCUT2D eigenvalue weighted by molar-refractivity contribution is 0.101. The summed E-state index contributed by atoms with van der Waals surface area (Å²) in [6, 6.07) is 5.04. The van der Waals surface area contributed by atoms with Gasteiger partial charge >= 0.3 is 7.82 Å². The summed E-state index contributed by atoms with van der Waals surface area (Å²) in [5.74, 6) is -0.678. The number of aromatic nitrogens is 3. The summed E-state index contributed by atoms with van der Waals surface area (Å²) in [5, 5.41) is 9.93. The van der Waals surface area contributed by atoms with E-state index in [1.807, 2.05) is 6.92 Å². The molecule has 9 nitrogen and oxygen atoms in total. The van der Waals surface area contributed by atoms with E-state index in [9.17, 15) is 9.36 Å². The lowest BCUT2D eigenvalue weighted by Crippen LogP contribution is -2.14. The number of nitrogens with zero attached hydrogens (tertiary/aromatic N) is 3. The van der Waals surface area contributed by atoms with Crippen molar-refractivity contribution in [3.8, 4) is 0 Å². The van der Waals surface area contributed by atoms with Crippen molar-refractivity contribution >= 4 is 42.6 Å². The van der Waals surface area contributed by atoms with Crippen molar-refractivity contribution in [1.82, 2.24) is 15.0 Å². The van der Waals surface area contributed by atoms with Crippen molar-refractivity contribution in [2.24, 2.45) is 0 Å². The normalized spacial score (nSPS) is 11.5. The molecule has 0 unspecified atom stereocenters. The predicted molar refractivity (Wildman–Crippen MR) is 82.3 cm³/mol. The molecule has 1 aromatic carbocycles. The number of carbonyl (C=O) groups is 1. The number of anilines is 1. The quantitative estimate of drug-likeness (QED) is 0.678. The molecule has 23 heavy (non-hydrogen) atoms. The van der Waals surface area contributed by atoms with Crippen LogP contribution < -0.4 is 5.32 Å². The zero-order valence-electron chi connectivity index (χ0n) is 11.6. The summed E-state index contributed by atoms with van der Waals surface area (Å²) in [7, 11) is -4.69. The number of rotatable bonds is 5. The molecule has 1 aromatic heterocycles. The molecule has 0 aliphatic carbocycles. The van der Waals surface area contributed by atoms with Crippen LogP contribution in [0.4, 0.5) is 5.69 Å². The van der Waals surface area contributed by atoms with Crippen molar-refractivity contribution in [2.75, 3.05) is 5.32 Å². The molecule has 0 fully saturated rings. The average Bonchev–Trinajstić information content (AvgIpc) is 2.80. The second-order valence-electron chi connectivity index (χ2n) is 4.40. The number of carbonyl (C=O) groups excluding carboxylic acids is 1. The Morgan fingerprint density at radius 1 is 1.39 bits per heavy atom. The van der Waals surface area contributed by atoms with Crippen molar-refractivity contribution in [3.63, 3.8) is 0 Å². The summed E-state index contributed by atoms with van der Waals surface area (Å²) in [5.41, 5.74) is 1.04. The molecule has 2 rings (SSSR count). The summed E-state index contributed by atoms with van der Waals surface area (Å²) in [6.07, 6.45) is 0. The van der Waals surface area contributed by atoms with Gasteiger partial charge in [0.05, 0.1) is 10.7 Å². The van der Waals surface area contributed by atoms with Gasteiger partial charge in [0.1, 0.15) is 0 Å². The summed E-state index contributed by atoms with van der Waals surface area (Å²) >= 11 is 11.8. The van der Waals surface area contributed by atoms with E-state index in [0.717, 1.165) is 10.4 Å². The van der Waals surface area contributed by atoms with Gasteiger partial charge in [-0.15, -0.1) is 10.2 Å². The molecule has 3 N–H and O–H groups in total. The molecule has 0 saturated carbocycles. The lowest BCUT2D eigenvalue weighted by Gasteiger charge is -2.06. The Balaban J connectivity index is 2.13. The fourth-order valence-electron chi connectivity index (χ4n) is 1.55. The fraction of sp³-hybridized carbons (Fsp3) is 0.182. The van der Waals surface area contributed by atoms with Crippen LogP contribution in [0.1, 0.15) is 16.1 Å². The molecule has 0 aliphatic heterocycles. The number of hydrogen-bond donors (Lipinski definition) is 3. The topological polar surface area (TPSA) is 127 Å². The van der Waals surface area contributed by atoms with Gasteiger partial charge in [-0.25, -0.2) is 4.57 Å². The van der Waals surface area contributed by atoms with E-state index in [2.05, 4.69) is 20.0 Å². The third-order valence-electron chi connectivity index (χ3n) is 2.54. The van der Waals surface area contributed by atoms with E-state index in [-0.39, 0.29) is 10.8 Å². The smallest absolute Gasteiger partial charge is 0.319 e. The zero-order chi connectivity index (χ0) is 17.2. The molecule has 124 valence electrons. The highest BCUT2D eigenvalue weighted by atomic mass is 35.5. The minimum absolute atomic E-state index is 0.238. The second kappa shape index (κ2) is 6.96. The van der Waals surface area contributed by atoms with Gasteiger partial charge in [-0.1, -0.05) is 29.3 Å². The SMILES string of the molecule is Cc1ccc(NC(=O)c2nn(COP(=O)(O)O)nc2Cl)c(Cl)c1. The largest absolute Gasteiger partial charge is 0.471 e. The van der Waals surface area contributed by atoms with Gasteiger partial charge in [0.25, 0.3) is 5.91 Å². The molecule has 2 aromatic rings. The van der Waals surface area contributed by atoms with E-state index < -0.39 is 20.5 Å². The van der Waals surface area contributed by atoms with Crippen LogP contribution in [0, 0.1) is 6.92 Å². The van der Waals surface area contributed by atoms with Crippen molar-refractivity contribution < 1.29 is 23.7 Å². The fourth-order valence-corrected chi connectivity index (χ4v) is 2.30. The first-order valence-electron chi connectivity index (χ1n) is 6.04. The van der Waals surface area contributed by atoms with Crippen molar-refractivity contribution in [1.29, 1.82) is 0 Å². The minimum atomic E-state index is -4.69. The monoisotopic (exact) mass is 380 g/mol. The predicted octanol–water partition coefficient (Wildman–Crippen LogP) is 2.21. The molecule has 1 heterocycles. The molecule has 0 saturated heterocycles. The Kier molecular flexibility index (Phi) is 5.41. The van der Waals surface area contributed by atoms with E-state index in [0.29, 0.717) is 10.7 Å². The second-order valence-corrected chi connectivity index (χ2v) is 6.40. The van der Waals surface area contributed by atoms with Crippen LogP contribution in [-0.2, 0) is 15.8 Å². The Hall–Kier alpha value is -1.48. The zero-order valence-corrected chi connectivity index (χ0v) is 14.0. The van der Waals surface area contributed by atoms with E-state index in [4.69, 9.17) is 33.0 Å². The van der Waals surface area contributed by atoms with Crippen LogP contribution in [0.3, 0.4) is 0 Å². The average molecular weight is 381 g/mol. The first-order valence-corrected chi connectivity index (χ1v) is 8.32. The number of aryl methyl sites for hydroxylation is 1. The highest BCUT2D eigenvalue weighted by Gasteiger charge is 2.20. The first kappa shape index (κ1) is 17.9. The maximum Gasteiger partial charge on any atom is 0.471 e. The highest BCUT2D eigenvalue weighted by Crippen LogP contribution is 2.36. The van der Waals surface area contributed by atoms with Gasteiger partial charge in [0, 0.05) is 0 Å². The number of benzene rings is 1. The number of nitrogens with one attached hydrogen (secondary N) is 1. The van der Waals surface area contributed by atoms with Crippen LogP contribution in [-0.4, -0.2) is 30.7 Å². The molecule has 0 atom stereocenters. The molecule has 0 radical (unpaired) electrons. The molecule has 0 aliphatic rings. The third kappa shape index (κ3) is 5.00. The summed E-state index contributed by atoms with van der Waals surface area (Å²) < 4.78 is 14.8. The summed E-state index contributed by atoms with van der Waals surface area (Å²) in [6.45, 7) is 1.18. The maximum atomic E-state index is 12.1. The van der Waals surface area contributed by atoms with Gasteiger partial charge < -0.3 is 15.1 Å². The lowest BCUT2D eigenvalue weighted by atomic mass is 10.2. The Bertz CT molecular complexity index is 791. The molecular formula is C11H11Cl2N4O5P. The molecule has 12 heteroatoms. The van der Waals surface area contributed by atoms with E-state index in [1.54, 1.807) is 18.2 Å². The Morgan fingerprint density at radius 2 is 2.09 bits per heavy atom. The van der Waals surface area contributed by atoms with Crippen LogP contribution in [0.15, 0.2) is 18.2 Å². The number of halogens is 2. The van der Waals surface area contributed by atoms with Gasteiger partial charge in [-0.05, 0) is 24.6 Å². The third-order valence-corrected chi connectivity index (χ3v) is 3.56. The number of phosphoric ester groups is 1. The Morgan fingerprint density at radius 3 is 2.70 bits per heavy atom. The van der Waals surface area contributed by atoms with Gasteiger partial charge in [0.15, 0.2) is 17.6 Å². The molecule has 0 spiro atoms.